The van der Waals surface area contributed by atoms with E-state index in [1.54, 1.807) is 15.6 Å². The van der Waals surface area contributed by atoms with E-state index in [9.17, 15) is 8.42 Å². The van der Waals surface area contributed by atoms with Crippen LogP contribution in [0.3, 0.4) is 0 Å². The predicted molar refractivity (Wildman–Crippen MR) is 140 cm³/mol. The monoisotopic (exact) mass is 544 g/mol. The molecule has 3 saturated heterocycles. The number of aromatic nitrogens is 3. The Morgan fingerprint density at radius 3 is 2.61 bits per heavy atom. The number of hydrogen-bond donors (Lipinski definition) is 2. The number of thiazole rings is 1. The van der Waals surface area contributed by atoms with Crippen LogP contribution < -0.4 is 10.6 Å². The summed E-state index contributed by atoms with van der Waals surface area (Å²) in [6, 6.07) is 7.56. The van der Waals surface area contributed by atoms with Crippen LogP contribution in [0, 0.1) is 24.2 Å². The molecule has 3 aliphatic rings. The number of halogens is 1. The van der Waals surface area contributed by atoms with Crippen molar-refractivity contribution in [2.24, 2.45) is 5.92 Å². The number of piperidine rings is 1. The average molecular weight is 545 g/mol. The maximum atomic E-state index is 13.2. The van der Waals surface area contributed by atoms with E-state index in [-0.39, 0.29) is 24.0 Å². The van der Waals surface area contributed by atoms with Crippen LogP contribution >= 0.6 is 22.9 Å². The van der Waals surface area contributed by atoms with Crippen LogP contribution in [-0.2, 0) is 10.2 Å². The van der Waals surface area contributed by atoms with Crippen molar-refractivity contribution in [1.29, 1.82) is 5.26 Å². The zero-order valence-electron chi connectivity index (χ0n) is 19.6. The van der Waals surface area contributed by atoms with Crippen molar-refractivity contribution in [2.75, 3.05) is 23.7 Å². The third-order valence-corrected chi connectivity index (χ3v) is 10.3. The zero-order chi connectivity index (χ0) is 25.0. The minimum Gasteiger partial charge on any atom is -0.351 e. The molecule has 0 radical (unpaired) electrons. The molecular weight excluding hydrogens is 520 g/mol. The normalized spacial score (nSPS) is 25.0. The Kier molecular flexibility index (Phi) is 6.00. The molecule has 2 bridgehead atoms. The van der Waals surface area contributed by atoms with E-state index >= 15 is 0 Å². The van der Waals surface area contributed by atoms with Crippen molar-refractivity contribution in [3.05, 3.63) is 34.3 Å². The van der Waals surface area contributed by atoms with Gasteiger partial charge in [-0.25, -0.2) is 9.97 Å². The quantitative estimate of drug-likeness (QED) is 0.478. The van der Waals surface area contributed by atoms with Crippen molar-refractivity contribution in [3.63, 3.8) is 0 Å². The molecule has 6 rings (SSSR count). The Balaban J connectivity index is 1.23. The Bertz CT molecular complexity index is 1450. The highest BCUT2D eigenvalue weighted by atomic mass is 35.5. The van der Waals surface area contributed by atoms with Crippen LogP contribution in [-0.4, -0.2) is 63.2 Å². The maximum Gasteiger partial charge on any atom is 0.282 e. The van der Waals surface area contributed by atoms with Crippen LogP contribution in [0.25, 0.3) is 10.9 Å². The molecule has 0 aliphatic carbocycles. The number of rotatable bonds is 6. The van der Waals surface area contributed by atoms with E-state index in [0.717, 1.165) is 28.2 Å². The molecule has 2 N–H and O–H groups in total. The molecule has 2 atom stereocenters. The molecule has 10 nitrogen and oxygen atoms in total. The highest BCUT2D eigenvalue weighted by molar-refractivity contribution is 7.86. The van der Waals surface area contributed by atoms with Gasteiger partial charge in [0, 0.05) is 52.7 Å². The predicted octanol–water partition coefficient (Wildman–Crippen LogP) is 3.90. The van der Waals surface area contributed by atoms with Crippen LogP contribution in [0.15, 0.2) is 24.4 Å². The molecule has 0 spiro atoms. The van der Waals surface area contributed by atoms with Crippen LogP contribution in [0.2, 0.25) is 5.02 Å². The van der Waals surface area contributed by atoms with Crippen LogP contribution in [0.5, 0.6) is 0 Å². The van der Waals surface area contributed by atoms with Gasteiger partial charge in [0.2, 0.25) is 5.95 Å². The van der Waals surface area contributed by atoms with Crippen LogP contribution in [0.4, 0.5) is 16.9 Å². The Labute approximate surface area is 218 Å². The van der Waals surface area contributed by atoms with Crippen molar-refractivity contribution in [2.45, 2.75) is 50.7 Å². The van der Waals surface area contributed by atoms with E-state index in [1.807, 2.05) is 31.3 Å². The first kappa shape index (κ1) is 23.8. The second-order valence-electron chi connectivity index (χ2n) is 9.64. The fourth-order valence-electron chi connectivity index (χ4n) is 5.43. The number of nitrogens with one attached hydrogen (secondary N) is 2. The molecule has 2 aromatic heterocycles. The summed E-state index contributed by atoms with van der Waals surface area (Å²) in [6.45, 7) is 2.58. The fourth-order valence-corrected chi connectivity index (χ4v) is 8.40. The van der Waals surface area contributed by atoms with Gasteiger partial charge in [0.25, 0.3) is 10.2 Å². The topological polar surface area (TPSA) is 127 Å². The molecule has 0 amide bonds. The summed E-state index contributed by atoms with van der Waals surface area (Å²) in [5.74, 6) is 0.911. The largest absolute Gasteiger partial charge is 0.351 e. The van der Waals surface area contributed by atoms with Gasteiger partial charge in [-0.3, -0.25) is 0 Å². The van der Waals surface area contributed by atoms with Crippen molar-refractivity contribution in [1.82, 2.24) is 23.6 Å². The third-order valence-electron chi connectivity index (χ3n) is 7.13. The molecule has 188 valence electrons. The number of aryl methyl sites for hydroxylation is 1. The Hall–Kier alpha value is -2.56. The summed E-state index contributed by atoms with van der Waals surface area (Å²) < 4.78 is 29.6. The Morgan fingerprint density at radius 1 is 1.19 bits per heavy atom. The van der Waals surface area contributed by atoms with Gasteiger partial charge in [-0.05, 0) is 50.8 Å². The number of benzene rings is 1. The summed E-state index contributed by atoms with van der Waals surface area (Å²) in [5.41, 5.74) is 0.712. The molecule has 1 aromatic carbocycles. The highest BCUT2D eigenvalue weighted by Crippen LogP contribution is 2.41. The zero-order valence-corrected chi connectivity index (χ0v) is 21.9. The molecule has 3 fully saturated rings. The number of nitrogens with zero attached hydrogens (tertiary/aromatic N) is 6. The molecule has 36 heavy (non-hydrogen) atoms. The van der Waals surface area contributed by atoms with Gasteiger partial charge in [0.05, 0.1) is 17.5 Å². The minimum absolute atomic E-state index is 0.0452. The smallest absolute Gasteiger partial charge is 0.282 e. The number of nitriles is 1. The van der Waals surface area contributed by atoms with Crippen molar-refractivity contribution >= 4 is 60.9 Å². The first-order chi connectivity index (χ1) is 17.3. The molecule has 3 aromatic rings. The van der Waals surface area contributed by atoms with Gasteiger partial charge in [-0.1, -0.05) is 11.6 Å². The van der Waals surface area contributed by atoms with Crippen molar-refractivity contribution in [3.8, 4) is 6.07 Å². The van der Waals surface area contributed by atoms with E-state index in [2.05, 4.69) is 21.7 Å². The second-order valence-corrected chi connectivity index (χ2v) is 13.1. The van der Waals surface area contributed by atoms with E-state index in [4.69, 9.17) is 26.8 Å². The maximum absolute atomic E-state index is 13.2. The molecule has 2 unspecified atom stereocenters. The summed E-state index contributed by atoms with van der Waals surface area (Å²) in [6.07, 6.45) is 4.84. The highest BCUT2D eigenvalue weighted by Gasteiger charge is 2.51. The van der Waals surface area contributed by atoms with Crippen LogP contribution in [0.1, 0.15) is 30.6 Å². The lowest BCUT2D eigenvalue weighted by atomic mass is 10.00. The Morgan fingerprint density at radius 2 is 1.94 bits per heavy atom. The SMILES string of the molecule is Cc1cnc(Nc2nc(NC3CC4CCC(C3)N4S(=O)(=O)N3CC(C#N)C3)nc3cc(Cl)ccc23)s1. The van der Waals surface area contributed by atoms with E-state index < -0.39 is 10.2 Å². The minimum atomic E-state index is -3.55. The molecular formula is C23H25ClN8O2S2. The summed E-state index contributed by atoms with van der Waals surface area (Å²) in [7, 11) is -3.55. The average Bonchev–Trinajstić information content (AvgIpc) is 3.33. The van der Waals surface area contributed by atoms with Gasteiger partial charge >= 0.3 is 0 Å². The standard InChI is InChI=1S/C23H25ClN8O2S2/c1-13-10-26-23(35-13)30-21-19-5-2-15(24)6-20(19)28-22(29-21)27-16-7-17-3-4-18(8-16)32(17)36(33,34)31-11-14(9-25)12-31/h2,5-6,10,14,16-18H,3-4,7-8,11-12H2,1H3,(H2,26,27,28,29,30). The fraction of sp³-hybridized carbons (Fsp3) is 0.478. The van der Waals surface area contributed by atoms with Crippen molar-refractivity contribution < 1.29 is 8.42 Å². The summed E-state index contributed by atoms with van der Waals surface area (Å²) in [5, 5.41) is 18.0. The summed E-state index contributed by atoms with van der Waals surface area (Å²) in [4.78, 5) is 15.0. The second kappa shape index (κ2) is 9.08. The van der Waals surface area contributed by atoms with Gasteiger partial charge in [-0.2, -0.15) is 27.3 Å². The first-order valence-corrected chi connectivity index (χ1v) is 14.5. The lowest BCUT2D eigenvalue weighted by molar-refractivity contribution is 0.182. The van der Waals surface area contributed by atoms with Gasteiger partial charge in [0.1, 0.15) is 5.82 Å². The van der Waals surface area contributed by atoms with Gasteiger partial charge in [-0.15, -0.1) is 11.3 Å². The van der Waals surface area contributed by atoms with E-state index in [0.29, 0.717) is 48.2 Å². The molecule has 13 heteroatoms. The number of fused-ring (bicyclic) bond motifs is 3. The lowest BCUT2D eigenvalue weighted by Gasteiger charge is -2.43. The van der Waals surface area contributed by atoms with Gasteiger partial charge in [0.15, 0.2) is 5.13 Å². The third kappa shape index (κ3) is 4.29. The number of hydrogen-bond acceptors (Lipinski definition) is 9. The first-order valence-electron chi connectivity index (χ1n) is 11.9. The molecule has 5 heterocycles. The summed E-state index contributed by atoms with van der Waals surface area (Å²) >= 11 is 7.79. The molecule has 0 saturated carbocycles. The number of anilines is 3. The molecule has 3 aliphatic heterocycles. The van der Waals surface area contributed by atoms with Gasteiger partial charge < -0.3 is 10.6 Å². The lowest BCUT2D eigenvalue weighted by Crippen LogP contribution is -2.59. The van der Waals surface area contributed by atoms with E-state index in [1.165, 1.54) is 4.31 Å².